The summed E-state index contributed by atoms with van der Waals surface area (Å²) >= 11 is 0. The molecule has 0 atom stereocenters. The van der Waals surface area contributed by atoms with E-state index >= 15 is 0 Å². The molecule has 2 aromatic rings. The minimum atomic E-state index is -0.935. The fraction of sp³-hybridized carbons (Fsp3) is 0.200. The number of hydrogen-bond acceptors (Lipinski definition) is 8. The Bertz CT molecular complexity index is 1100. The number of carbonyl (C=O) groups excluding carboxylic acids is 3. The average molecular weight is 541 g/mol. The summed E-state index contributed by atoms with van der Waals surface area (Å²) in [5.74, 6) is -1.78. The summed E-state index contributed by atoms with van der Waals surface area (Å²) in [5, 5.41) is 16.5. The summed E-state index contributed by atoms with van der Waals surface area (Å²) < 4.78 is 14.1. The first-order chi connectivity index (χ1) is 18.3. The van der Waals surface area contributed by atoms with Crippen molar-refractivity contribution in [2.75, 3.05) is 13.7 Å². The molecule has 2 aromatic carbocycles. The Hall–Kier alpha value is -4.76. The van der Waals surface area contributed by atoms with Gasteiger partial charge in [-0.15, -0.1) is 0 Å². The lowest BCUT2D eigenvalue weighted by Crippen LogP contribution is -2.12. The molecule has 0 bridgehead atoms. The van der Waals surface area contributed by atoms with Crippen molar-refractivity contribution in [3.8, 4) is 5.75 Å². The molecule has 0 aliphatic rings. The van der Waals surface area contributed by atoms with Crippen LogP contribution in [0.2, 0.25) is 0 Å². The van der Waals surface area contributed by atoms with E-state index in [0.717, 1.165) is 5.56 Å². The molecule has 0 fully saturated rings. The van der Waals surface area contributed by atoms with E-state index in [1.807, 2.05) is 36.4 Å². The Balaban J connectivity index is 0. The molecular formula is C30H36O9. The van der Waals surface area contributed by atoms with Crippen LogP contribution in [0.1, 0.15) is 26.3 Å². The molecule has 0 heterocycles. The number of esters is 3. The number of aliphatic hydroxyl groups excluding tert-OH is 1. The van der Waals surface area contributed by atoms with Crippen molar-refractivity contribution in [3.05, 3.63) is 115 Å². The Morgan fingerprint density at radius 2 is 1.15 bits per heavy atom. The van der Waals surface area contributed by atoms with E-state index < -0.39 is 11.9 Å². The quantitative estimate of drug-likeness (QED) is 0.274. The SMILES string of the molecule is C=C(C)C(=O)O.C=C(C)C(=O)OC.C=C(C)C(=O)OCc1ccccc1.C=C(CO)C(=O)Oc1ccccc1. The van der Waals surface area contributed by atoms with Gasteiger partial charge in [-0.1, -0.05) is 74.8 Å². The van der Waals surface area contributed by atoms with E-state index in [2.05, 4.69) is 31.1 Å². The van der Waals surface area contributed by atoms with Gasteiger partial charge in [0.15, 0.2) is 0 Å². The van der Waals surface area contributed by atoms with Crippen molar-refractivity contribution in [2.24, 2.45) is 0 Å². The molecule has 9 heteroatoms. The molecule has 0 aliphatic heterocycles. The van der Waals surface area contributed by atoms with Gasteiger partial charge < -0.3 is 24.4 Å². The fourth-order valence-corrected chi connectivity index (χ4v) is 1.75. The predicted octanol–water partition coefficient (Wildman–Crippen LogP) is 4.83. The predicted molar refractivity (Wildman–Crippen MR) is 149 cm³/mol. The summed E-state index contributed by atoms with van der Waals surface area (Å²) in [6, 6.07) is 18.2. The van der Waals surface area contributed by atoms with E-state index in [1.54, 1.807) is 38.1 Å². The van der Waals surface area contributed by atoms with Crippen LogP contribution in [0.15, 0.2) is 109 Å². The van der Waals surface area contributed by atoms with Crippen LogP contribution < -0.4 is 4.74 Å². The maximum absolute atomic E-state index is 11.1. The fourth-order valence-electron chi connectivity index (χ4n) is 1.75. The number of benzene rings is 2. The Labute approximate surface area is 229 Å². The van der Waals surface area contributed by atoms with Crippen LogP contribution in [0.3, 0.4) is 0 Å². The van der Waals surface area contributed by atoms with Crippen LogP contribution in [0.25, 0.3) is 0 Å². The molecule has 0 saturated heterocycles. The molecule has 0 radical (unpaired) electrons. The van der Waals surface area contributed by atoms with Crippen molar-refractivity contribution >= 4 is 23.9 Å². The third-order valence-corrected chi connectivity index (χ3v) is 3.89. The molecule has 2 rings (SSSR count). The molecule has 0 aliphatic carbocycles. The first kappa shape index (κ1) is 36.4. The molecule has 39 heavy (non-hydrogen) atoms. The second-order valence-electron chi connectivity index (χ2n) is 7.66. The molecule has 0 aromatic heterocycles. The maximum atomic E-state index is 11.1. The van der Waals surface area contributed by atoms with Gasteiger partial charge in [0.25, 0.3) is 0 Å². The highest BCUT2D eigenvalue weighted by Crippen LogP contribution is 2.10. The molecule has 2 N–H and O–H groups in total. The molecule has 9 nitrogen and oxygen atoms in total. The van der Waals surface area contributed by atoms with Crippen molar-refractivity contribution in [1.82, 2.24) is 0 Å². The second kappa shape index (κ2) is 21.3. The van der Waals surface area contributed by atoms with Gasteiger partial charge in [0.1, 0.15) is 12.4 Å². The normalized spacial score (nSPS) is 8.74. The lowest BCUT2D eigenvalue weighted by molar-refractivity contribution is -0.140. The van der Waals surface area contributed by atoms with Crippen LogP contribution in [0, 0.1) is 0 Å². The second-order valence-corrected chi connectivity index (χ2v) is 7.66. The highest BCUT2D eigenvalue weighted by atomic mass is 16.5. The van der Waals surface area contributed by atoms with Crippen LogP contribution >= 0.6 is 0 Å². The van der Waals surface area contributed by atoms with Gasteiger partial charge in [-0.2, -0.15) is 0 Å². The summed E-state index contributed by atoms with van der Waals surface area (Å²) in [6.45, 7) is 18.0. The Morgan fingerprint density at radius 3 is 1.49 bits per heavy atom. The summed E-state index contributed by atoms with van der Waals surface area (Å²) in [5.41, 5.74) is 2.06. The number of aliphatic carboxylic acids is 1. The average Bonchev–Trinajstić information content (AvgIpc) is 2.92. The van der Waals surface area contributed by atoms with Gasteiger partial charge in [-0.3, -0.25) is 0 Å². The number of carboxylic acids is 1. The summed E-state index contributed by atoms with van der Waals surface area (Å²) in [6.07, 6.45) is 0. The lowest BCUT2D eigenvalue weighted by Gasteiger charge is -2.03. The largest absolute Gasteiger partial charge is 0.478 e. The van der Waals surface area contributed by atoms with Crippen LogP contribution in [-0.4, -0.2) is 47.8 Å². The monoisotopic (exact) mass is 540 g/mol. The molecule has 0 unspecified atom stereocenters. The van der Waals surface area contributed by atoms with E-state index in [4.69, 9.17) is 19.7 Å². The van der Waals surface area contributed by atoms with Crippen LogP contribution in [0.5, 0.6) is 5.75 Å². The number of aliphatic hydroxyl groups is 1. The Kier molecular flexibility index (Phi) is 19.9. The Morgan fingerprint density at radius 1 is 0.718 bits per heavy atom. The minimum Gasteiger partial charge on any atom is -0.478 e. The van der Waals surface area contributed by atoms with Gasteiger partial charge in [0.05, 0.1) is 19.3 Å². The topological polar surface area (TPSA) is 136 Å². The molecular weight excluding hydrogens is 504 g/mol. The number of carboxylic acid groups (broad SMARTS) is 1. The maximum Gasteiger partial charge on any atom is 0.341 e. The number of rotatable bonds is 8. The first-order valence-electron chi connectivity index (χ1n) is 11.3. The highest BCUT2D eigenvalue weighted by Gasteiger charge is 2.07. The van der Waals surface area contributed by atoms with Gasteiger partial charge in [-0.05, 0) is 38.5 Å². The smallest absolute Gasteiger partial charge is 0.341 e. The van der Waals surface area contributed by atoms with Gasteiger partial charge >= 0.3 is 23.9 Å². The van der Waals surface area contributed by atoms with E-state index in [0.29, 0.717) is 23.5 Å². The highest BCUT2D eigenvalue weighted by molar-refractivity contribution is 5.89. The number of methoxy groups -OCH3 is 1. The number of carbonyl (C=O) groups is 4. The number of hydrogen-bond donors (Lipinski definition) is 2. The molecule has 0 amide bonds. The summed E-state index contributed by atoms with van der Waals surface area (Å²) in [7, 11) is 1.33. The zero-order valence-electron chi connectivity index (χ0n) is 22.8. The molecule has 210 valence electrons. The molecule has 0 saturated carbocycles. The summed E-state index contributed by atoms with van der Waals surface area (Å²) in [4.78, 5) is 41.8. The van der Waals surface area contributed by atoms with Crippen molar-refractivity contribution in [3.63, 3.8) is 0 Å². The van der Waals surface area contributed by atoms with Gasteiger partial charge in [0, 0.05) is 16.7 Å². The first-order valence-corrected chi connectivity index (χ1v) is 11.3. The zero-order chi connectivity index (χ0) is 30.4. The number of ether oxygens (including phenoxy) is 3. The molecule has 0 spiro atoms. The van der Waals surface area contributed by atoms with E-state index in [-0.39, 0.29) is 29.7 Å². The third-order valence-electron chi connectivity index (χ3n) is 3.89. The van der Waals surface area contributed by atoms with Crippen molar-refractivity contribution < 1.29 is 43.6 Å². The lowest BCUT2D eigenvalue weighted by atomic mass is 10.2. The minimum absolute atomic E-state index is 0.0452. The van der Waals surface area contributed by atoms with Gasteiger partial charge in [0.2, 0.25) is 0 Å². The van der Waals surface area contributed by atoms with Gasteiger partial charge in [-0.25, -0.2) is 19.2 Å². The van der Waals surface area contributed by atoms with E-state index in [1.165, 1.54) is 14.0 Å². The van der Waals surface area contributed by atoms with Crippen LogP contribution in [-0.2, 0) is 35.3 Å². The standard InChI is InChI=1S/C11H12O2.C10H10O3.C5H8O2.C4H6O2/c1-9(2)11(12)13-8-10-6-4-3-5-7-10;1-8(7-11)10(12)13-9-5-3-2-4-6-9;1-4(2)5(6)7-3;1-3(2)4(5)6/h3-7H,1,8H2,2H3;2-6,11H,1,7H2;1H2,2-3H3;1H2,2H3,(H,5,6). The van der Waals surface area contributed by atoms with Crippen molar-refractivity contribution in [2.45, 2.75) is 27.4 Å². The number of para-hydroxylation sites is 1. The zero-order valence-corrected chi connectivity index (χ0v) is 22.8. The van der Waals surface area contributed by atoms with Crippen LogP contribution in [0.4, 0.5) is 0 Å². The third kappa shape index (κ3) is 20.0. The van der Waals surface area contributed by atoms with E-state index in [9.17, 15) is 19.2 Å². The van der Waals surface area contributed by atoms with Crippen molar-refractivity contribution in [1.29, 1.82) is 0 Å².